The summed E-state index contributed by atoms with van der Waals surface area (Å²) in [6.45, 7) is 2.43. The van der Waals surface area contributed by atoms with Crippen LogP contribution in [0.25, 0.3) is 0 Å². The largest absolute Gasteiger partial charge is 0.385 e. The Morgan fingerprint density at radius 2 is 2.41 bits per heavy atom. The van der Waals surface area contributed by atoms with Gasteiger partial charge in [0.1, 0.15) is 0 Å². The van der Waals surface area contributed by atoms with E-state index in [4.69, 9.17) is 10.6 Å². The summed E-state index contributed by atoms with van der Waals surface area (Å²) in [5, 5.41) is 3.83. The lowest BCUT2D eigenvalue weighted by Crippen LogP contribution is -2.42. The van der Waals surface area contributed by atoms with Gasteiger partial charge in [0.25, 0.3) is 0 Å². The fraction of sp³-hybridized carbons (Fsp3) is 0.909. The summed E-state index contributed by atoms with van der Waals surface area (Å²) in [6.07, 6.45) is 4.91. The first-order valence-electron chi connectivity index (χ1n) is 6.22. The van der Waals surface area contributed by atoms with Crippen LogP contribution in [0, 0.1) is 0 Å². The molecule has 0 aromatic rings. The summed E-state index contributed by atoms with van der Waals surface area (Å²) in [5.74, 6) is 7.38. The van der Waals surface area contributed by atoms with Crippen molar-refractivity contribution in [3.63, 3.8) is 0 Å². The molecule has 1 aliphatic heterocycles. The number of thioether (sulfide) groups is 1. The third-order valence-electron chi connectivity index (χ3n) is 2.68. The van der Waals surface area contributed by atoms with E-state index in [1.165, 1.54) is 25.0 Å². The van der Waals surface area contributed by atoms with E-state index >= 15 is 0 Å². The second-order valence-corrected chi connectivity index (χ2v) is 5.50. The maximum Gasteiger partial charge on any atom is 0.205 e. The van der Waals surface area contributed by atoms with E-state index in [-0.39, 0.29) is 0 Å². The average molecular weight is 260 g/mol. The molecule has 0 radical (unpaired) electrons. The van der Waals surface area contributed by atoms with E-state index in [0.29, 0.717) is 11.2 Å². The van der Waals surface area contributed by atoms with Crippen molar-refractivity contribution in [2.45, 2.75) is 30.9 Å². The zero-order valence-electron chi connectivity index (χ0n) is 10.6. The molecular weight excluding hydrogens is 236 g/mol. The van der Waals surface area contributed by atoms with Gasteiger partial charge >= 0.3 is 0 Å². The zero-order chi connectivity index (χ0) is 12.3. The van der Waals surface area contributed by atoms with Gasteiger partial charge in [-0.3, -0.25) is 10.4 Å². The molecule has 1 heterocycles. The maximum absolute atomic E-state index is 5.42. The van der Waals surface area contributed by atoms with E-state index in [9.17, 15) is 0 Å². The molecule has 0 aliphatic carbocycles. The van der Waals surface area contributed by atoms with Crippen LogP contribution in [0.1, 0.15) is 25.7 Å². The summed E-state index contributed by atoms with van der Waals surface area (Å²) < 4.78 is 4.98. The number of rotatable bonds is 6. The first kappa shape index (κ1) is 14.6. The Hall–Kier alpha value is -0.460. The first-order valence-corrected chi connectivity index (χ1v) is 7.27. The number of hydrogen-bond donors (Lipinski definition) is 3. The van der Waals surface area contributed by atoms with Crippen molar-refractivity contribution >= 4 is 17.7 Å². The summed E-state index contributed by atoms with van der Waals surface area (Å²) >= 11 is 2.02. The highest BCUT2D eigenvalue weighted by molar-refractivity contribution is 7.99. The molecule has 0 bridgehead atoms. The van der Waals surface area contributed by atoms with Gasteiger partial charge in [0, 0.05) is 25.5 Å². The molecule has 5 nitrogen and oxygen atoms in total. The number of aliphatic imine (C=N–C) groups is 1. The standard InChI is InChI=1S/C11H24N4OS/c1-16-7-4-6-13-11(15-12)14-9-10-5-2-3-8-17-10/h10H,2-9,12H2,1H3,(H2,13,14,15). The molecule has 6 heteroatoms. The van der Waals surface area contributed by atoms with E-state index < -0.39 is 0 Å². The Kier molecular flexibility index (Phi) is 8.21. The average Bonchev–Trinajstić information content (AvgIpc) is 2.39. The molecule has 1 fully saturated rings. The van der Waals surface area contributed by atoms with Crippen LogP contribution in [0.3, 0.4) is 0 Å². The van der Waals surface area contributed by atoms with Gasteiger partial charge in [0.15, 0.2) is 0 Å². The van der Waals surface area contributed by atoms with Gasteiger partial charge in [-0.25, -0.2) is 5.84 Å². The van der Waals surface area contributed by atoms with Gasteiger partial charge in [-0.1, -0.05) is 6.42 Å². The predicted octanol–water partition coefficient (Wildman–Crippen LogP) is 0.718. The number of nitrogens with zero attached hydrogens (tertiary/aromatic N) is 1. The number of ether oxygens (including phenoxy) is 1. The molecule has 0 aromatic carbocycles. The zero-order valence-corrected chi connectivity index (χ0v) is 11.4. The van der Waals surface area contributed by atoms with Crippen LogP contribution in [0.4, 0.5) is 0 Å². The van der Waals surface area contributed by atoms with Gasteiger partial charge in [-0.2, -0.15) is 11.8 Å². The highest BCUT2D eigenvalue weighted by Crippen LogP contribution is 2.24. The fourth-order valence-electron chi connectivity index (χ4n) is 1.72. The van der Waals surface area contributed by atoms with Crippen LogP contribution >= 0.6 is 11.8 Å². The number of hydrazine groups is 1. The summed E-state index contributed by atoms with van der Waals surface area (Å²) in [7, 11) is 1.70. The number of guanidine groups is 1. The Balaban J connectivity index is 2.18. The number of nitrogens with two attached hydrogens (primary N) is 1. The molecule has 4 N–H and O–H groups in total. The van der Waals surface area contributed by atoms with Gasteiger partial charge in [-0.15, -0.1) is 0 Å². The Morgan fingerprint density at radius 1 is 1.53 bits per heavy atom. The molecule has 0 spiro atoms. The van der Waals surface area contributed by atoms with Crippen LogP contribution in [-0.4, -0.2) is 43.8 Å². The Morgan fingerprint density at radius 3 is 3.06 bits per heavy atom. The lowest BCUT2D eigenvalue weighted by Gasteiger charge is -2.19. The SMILES string of the molecule is COCCCNC(=NCC1CCCCS1)NN. The van der Waals surface area contributed by atoms with E-state index in [1.807, 2.05) is 11.8 Å². The van der Waals surface area contributed by atoms with Crippen molar-refractivity contribution in [1.29, 1.82) is 0 Å². The molecule has 100 valence electrons. The van der Waals surface area contributed by atoms with E-state index in [0.717, 1.165) is 26.1 Å². The van der Waals surface area contributed by atoms with Crippen molar-refractivity contribution in [2.24, 2.45) is 10.8 Å². The van der Waals surface area contributed by atoms with Gasteiger partial charge in [0.2, 0.25) is 5.96 Å². The second kappa shape index (κ2) is 9.56. The monoisotopic (exact) mass is 260 g/mol. The predicted molar refractivity (Wildman–Crippen MR) is 74.2 cm³/mol. The van der Waals surface area contributed by atoms with Crippen molar-refractivity contribution < 1.29 is 4.74 Å². The molecule has 1 unspecified atom stereocenters. The molecule has 1 atom stereocenters. The Labute approximate surface area is 108 Å². The van der Waals surface area contributed by atoms with Crippen LogP contribution in [-0.2, 0) is 4.74 Å². The molecule has 1 rings (SSSR count). The molecule has 0 amide bonds. The molecule has 1 aliphatic rings. The van der Waals surface area contributed by atoms with Crippen molar-refractivity contribution in [2.75, 3.05) is 32.6 Å². The fourth-order valence-corrected chi connectivity index (χ4v) is 2.94. The molecule has 0 saturated carbocycles. The minimum Gasteiger partial charge on any atom is -0.385 e. The quantitative estimate of drug-likeness (QED) is 0.216. The van der Waals surface area contributed by atoms with Crippen molar-refractivity contribution in [1.82, 2.24) is 10.7 Å². The highest BCUT2D eigenvalue weighted by Gasteiger charge is 2.13. The summed E-state index contributed by atoms with van der Waals surface area (Å²) in [4.78, 5) is 4.47. The molecule has 1 saturated heterocycles. The lowest BCUT2D eigenvalue weighted by molar-refractivity contribution is 0.195. The lowest BCUT2D eigenvalue weighted by atomic mass is 10.2. The number of nitrogens with one attached hydrogen (secondary N) is 2. The number of methoxy groups -OCH3 is 1. The van der Waals surface area contributed by atoms with Gasteiger partial charge in [-0.05, 0) is 25.0 Å². The van der Waals surface area contributed by atoms with Crippen LogP contribution in [0.2, 0.25) is 0 Å². The van der Waals surface area contributed by atoms with Gasteiger partial charge in [0.05, 0.1) is 6.54 Å². The first-order chi connectivity index (χ1) is 8.36. The second-order valence-electron chi connectivity index (χ2n) is 4.10. The van der Waals surface area contributed by atoms with E-state index in [1.54, 1.807) is 7.11 Å². The molecule has 0 aromatic heterocycles. The van der Waals surface area contributed by atoms with E-state index in [2.05, 4.69) is 15.7 Å². The Bertz CT molecular complexity index is 220. The number of hydrogen-bond acceptors (Lipinski definition) is 4. The van der Waals surface area contributed by atoms with Crippen molar-refractivity contribution in [3.8, 4) is 0 Å². The minimum absolute atomic E-state index is 0.660. The van der Waals surface area contributed by atoms with Crippen LogP contribution in [0.5, 0.6) is 0 Å². The maximum atomic E-state index is 5.42. The summed E-state index contributed by atoms with van der Waals surface area (Å²) in [6, 6.07) is 0. The normalized spacial score (nSPS) is 21.3. The smallest absolute Gasteiger partial charge is 0.205 e. The third-order valence-corrected chi connectivity index (χ3v) is 4.06. The highest BCUT2D eigenvalue weighted by atomic mass is 32.2. The third kappa shape index (κ3) is 6.75. The summed E-state index contributed by atoms with van der Waals surface area (Å²) in [5.41, 5.74) is 2.61. The topological polar surface area (TPSA) is 71.7 Å². The van der Waals surface area contributed by atoms with Crippen LogP contribution in [0.15, 0.2) is 4.99 Å². The van der Waals surface area contributed by atoms with Crippen LogP contribution < -0.4 is 16.6 Å². The van der Waals surface area contributed by atoms with Gasteiger partial charge < -0.3 is 10.1 Å². The molecule has 17 heavy (non-hydrogen) atoms. The molecular formula is C11H24N4OS. The van der Waals surface area contributed by atoms with Crippen molar-refractivity contribution in [3.05, 3.63) is 0 Å². The minimum atomic E-state index is 0.660.